The van der Waals surface area contributed by atoms with Crippen LogP contribution in [0.25, 0.3) is 0 Å². The van der Waals surface area contributed by atoms with Crippen LogP contribution in [0, 0.1) is 17.8 Å². The third-order valence-corrected chi connectivity index (χ3v) is 6.30. The smallest absolute Gasteiger partial charge is 0.244 e. The van der Waals surface area contributed by atoms with Crippen molar-refractivity contribution in [3.63, 3.8) is 0 Å². The molecule has 0 spiro atoms. The van der Waals surface area contributed by atoms with Crippen molar-refractivity contribution in [1.82, 2.24) is 4.90 Å². The van der Waals surface area contributed by atoms with Crippen LogP contribution in [0.5, 0.6) is 0 Å². The molecule has 3 unspecified atom stereocenters. The Labute approximate surface area is 148 Å². The van der Waals surface area contributed by atoms with Gasteiger partial charge in [-0.25, -0.2) is 0 Å². The summed E-state index contributed by atoms with van der Waals surface area (Å²) in [5, 5.41) is 2.91. The Morgan fingerprint density at radius 3 is 2.71 bits per heavy atom. The van der Waals surface area contributed by atoms with Crippen LogP contribution >= 0.6 is 11.8 Å². The molecule has 2 amide bonds. The Hall–Kier alpha value is -1.49. The van der Waals surface area contributed by atoms with Gasteiger partial charge in [0.1, 0.15) is 0 Å². The maximum atomic E-state index is 12.4. The molecule has 0 aromatic heterocycles. The molecule has 1 aromatic rings. The second-order valence-corrected chi connectivity index (χ2v) is 7.99. The number of hydrogen-bond acceptors (Lipinski definition) is 3. The minimum Gasteiger partial charge on any atom is -0.336 e. The summed E-state index contributed by atoms with van der Waals surface area (Å²) in [7, 11) is 1.73. The zero-order valence-corrected chi connectivity index (χ0v) is 15.3. The number of carbonyl (C=O) groups is 2. The van der Waals surface area contributed by atoms with Crippen LogP contribution in [-0.2, 0) is 9.59 Å². The van der Waals surface area contributed by atoms with Crippen LogP contribution in [-0.4, -0.2) is 36.6 Å². The van der Waals surface area contributed by atoms with Gasteiger partial charge in [0.2, 0.25) is 11.8 Å². The van der Waals surface area contributed by atoms with E-state index in [0.717, 1.165) is 22.4 Å². The van der Waals surface area contributed by atoms with E-state index < -0.39 is 0 Å². The van der Waals surface area contributed by atoms with Gasteiger partial charge >= 0.3 is 0 Å². The number of rotatable bonds is 6. The molecule has 24 heavy (non-hydrogen) atoms. The second-order valence-electron chi connectivity index (χ2n) is 7.14. The average Bonchev–Trinajstić information content (AvgIpc) is 3.18. The van der Waals surface area contributed by atoms with Crippen LogP contribution in [0.2, 0.25) is 0 Å². The van der Waals surface area contributed by atoms with Gasteiger partial charge < -0.3 is 10.2 Å². The molecule has 2 saturated carbocycles. The van der Waals surface area contributed by atoms with Crippen LogP contribution in [0.4, 0.5) is 5.69 Å². The van der Waals surface area contributed by atoms with Gasteiger partial charge in [-0.1, -0.05) is 18.6 Å². The van der Waals surface area contributed by atoms with E-state index in [2.05, 4.69) is 5.32 Å². The summed E-state index contributed by atoms with van der Waals surface area (Å²) < 4.78 is 0. The lowest BCUT2D eigenvalue weighted by molar-refractivity contribution is -0.134. The molecule has 0 heterocycles. The number of para-hydroxylation sites is 1. The van der Waals surface area contributed by atoms with Crippen molar-refractivity contribution in [2.45, 2.75) is 37.0 Å². The van der Waals surface area contributed by atoms with Crippen molar-refractivity contribution >= 4 is 29.3 Å². The lowest BCUT2D eigenvalue weighted by Gasteiger charge is -2.24. The molecular weight excluding hydrogens is 320 g/mol. The molecule has 3 rings (SSSR count). The van der Waals surface area contributed by atoms with Crippen LogP contribution in [0.1, 0.15) is 32.1 Å². The highest BCUT2D eigenvalue weighted by Gasteiger charge is 2.40. The van der Waals surface area contributed by atoms with Gasteiger partial charge in [0.05, 0.1) is 12.2 Å². The number of amides is 2. The van der Waals surface area contributed by atoms with Crippen LogP contribution in [0.15, 0.2) is 29.2 Å². The van der Waals surface area contributed by atoms with E-state index >= 15 is 0 Å². The summed E-state index contributed by atoms with van der Waals surface area (Å²) in [4.78, 5) is 27.3. The molecule has 2 aliphatic carbocycles. The van der Waals surface area contributed by atoms with Crippen molar-refractivity contribution < 1.29 is 9.59 Å². The predicted molar refractivity (Wildman–Crippen MR) is 98.0 cm³/mol. The Bertz CT molecular complexity index is 619. The Kier molecular flexibility index (Phi) is 5.49. The first kappa shape index (κ1) is 17.3. The number of hydrogen-bond donors (Lipinski definition) is 1. The number of thioether (sulfide) groups is 1. The van der Waals surface area contributed by atoms with E-state index in [4.69, 9.17) is 0 Å². The predicted octanol–water partition coefficient (Wildman–Crippen LogP) is 3.63. The van der Waals surface area contributed by atoms with Crippen LogP contribution < -0.4 is 5.32 Å². The number of benzene rings is 1. The highest BCUT2D eigenvalue weighted by Crippen LogP contribution is 2.49. The number of likely N-dealkylation sites (N-methyl/N-ethyl adjacent to an activating group) is 1. The van der Waals surface area contributed by atoms with Crippen molar-refractivity contribution in [1.29, 1.82) is 0 Å². The van der Waals surface area contributed by atoms with E-state index in [0.29, 0.717) is 12.3 Å². The quantitative estimate of drug-likeness (QED) is 0.800. The molecule has 1 N–H and O–H groups in total. The molecule has 2 aliphatic rings. The number of nitrogens with zero attached hydrogens (tertiary/aromatic N) is 1. The zero-order chi connectivity index (χ0) is 17.1. The number of fused-ring (bicyclic) bond motifs is 2. The van der Waals surface area contributed by atoms with Crippen LogP contribution in [0.3, 0.4) is 0 Å². The summed E-state index contributed by atoms with van der Waals surface area (Å²) in [6, 6.07) is 7.72. The largest absolute Gasteiger partial charge is 0.336 e. The van der Waals surface area contributed by atoms with Gasteiger partial charge in [-0.05, 0) is 55.4 Å². The fourth-order valence-corrected chi connectivity index (χ4v) is 4.80. The maximum Gasteiger partial charge on any atom is 0.244 e. The van der Waals surface area contributed by atoms with Gasteiger partial charge in [-0.3, -0.25) is 9.59 Å². The lowest BCUT2D eigenvalue weighted by atomic mass is 9.86. The molecule has 2 fully saturated rings. The first-order valence-corrected chi connectivity index (χ1v) is 9.96. The standard InChI is InChI=1S/C19H26N2O2S/c1-21(19(23)11-15-10-13-7-8-14(15)9-13)12-18(22)20-16-5-3-4-6-17(16)24-2/h3-6,13-15H,7-12H2,1-2H3,(H,20,22). The first-order chi connectivity index (χ1) is 11.6. The molecule has 1 aromatic carbocycles. The highest BCUT2D eigenvalue weighted by atomic mass is 32.2. The van der Waals surface area contributed by atoms with Gasteiger partial charge in [0.15, 0.2) is 0 Å². The lowest BCUT2D eigenvalue weighted by Crippen LogP contribution is -2.36. The Balaban J connectivity index is 1.49. The zero-order valence-electron chi connectivity index (χ0n) is 14.5. The molecule has 2 bridgehead atoms. The third-order valence-electron chi connectivity index (χ3n) is 5.51. The third kappa shape index (κ3) is 3.94. The van der Waals surface area contributed by atoms with E-state index in [1.807, 2.05) is 30.5 Å². The highest BCUT2D eigenvalue weighted by molar-refractivity contribution is 7.98. The first-order valence-electron chi connectivity index (χ1n) is 8.73. The summed E-state index contributed by atoms with van der Waals surface area (Å²) >= 11 is 1.60. The van der Waals surface area contributed by atoms with Gasteiger partial charge in [0.25, 0.3) is 0 Å². The van der Waals surface area contributed by atoms with E-state index in [9.17, 15) is 9.59 Å². The summed E-state index contributed by atoms with van der Waals surface area (Å²) in [6.45, 7) is 0.113. The minimum atomic E-state index is -0.139. The molecule has 4 nitrogen and oxygen atoms in total. The van der Waals surface area contributed by atoms with Crippen molar-refractivity contribution in [2.24, 2.45) is 17.8 Å². The molecular formula is C19H26N2O2S. The Morgan fingerprint density at radius 1 is 1.25 bits per heavy atom. The number of anilines is 1. The SMILES string of the molecule is CSc1ccccc1NC(=O)CN(C)C(=O)CC1CC2CCC1C2. The summed E-state index contributed by atoms with van der Waals surface area (Å²) in [6.07, 6.45) is 7.74. The maximum absolute atomic E-state index is 12.4. The van der Waals surface area contributed by atoms with Crippen molar-refractivity contribution in [3.8, 4) is 0 Å². The molecule has 0 saturated heterocycles. The normalized spacial score (nSPS) is 24.8. The molecule has 3 atom stereocenters. The average molecular weight is 346 g/mol. The fourth-order valence-electron chi connectivity index (χ4n) is 4.25. The summed E-state index contributed by atoms with van der Waals surface area (Å²) in [5.74, 6) is 2.10. The summed E-state index contributed by atoms with van der Waals surface area (Å²) in [5.41, 5.74) is 0.809. The minimum absolute atomic E-state index is 0.0980. The number of carbonyl (C=O) groups excluding carboxylic acids is 2. The second kappa shape index (κ2) is 7.60. The van der Waals surface area contributed by atoms with Gasteiger partial charge in [-0.2, -0.15) is 0 Å². The topological polar surface area (TPSA) is 49.4 Å². The fraction of sp³-hybridized carbons (Fsp3) is 0.579. The molecule has 130 valence electrons. The molecule has 0 aliphatic heterocycles. The molecule has 5 heteroatoms. The van der Waals surface area contributed by atoms with E-state index in [1.54, 1.807) is 23.7 Å². The van der Waals surface area contributed by atoms with Gasteiger partial charge in [-0.15, -0.1) is 11.8 Å². The van der Waals surface area contributed by atoms with Crippen molar-refractivity contribution in [3.05, 3.63) is 24.3 Å². The van der Waals surface area contributed by atoms with Gasteiger partial charge in [0, 0.05) is 18.4 Å². The van der Waals surface area contributed by atoms with E-state index in [-0.39, 0.29) is 18.4 Å². The molecule has 0 radical (unpaired) electrons. The monoisotopic (exact) mass is 346 g/mol. The van der Waals surface area contributed by atoms with Crippen molar-refractivity contribution in [2.75, 3.05) is 25.2 Å². The van der Waals surface area contributed by atoms with E-state index in [1.165, 1.54) is 25.7 Å². The number of nitrogens with one attached hydrogen (secondary N) is 1. The Morgan fingerprint density at radius 2 is 2.04 bits per heavy atom.